The average Bonchev–Trinajstić information content (AvgIpc) is 2.95. The summed E-state index contributed by atoms with van der Waals surface area (Å²) in [5.41, 5.74) is -0.0938. The van der Waals surface area contributed by atoms with E-state index in [1.54, 1.807) is 0 Å². The number of hydrogen-bond acceptors (Lipinski definition) is 5. The predicted molar refractivity (Wildman–Crippen MR) is 69.3 cm³/mol. The molecule has 3 rings (SSSR count). The fraction of sp³-hybridized carbons (Fsp3) is 0.615. The first-order valence-corrected chi connectivity index (χ1v) is 6.58. The van der Waals surface area contributed by atoms with Gasteiger partial charge in [0.25, 0.3) is 0 Å². The van der Waals surface area contributed by atoms with Crippen LogP contribution in [0, 0.1) is 0 Å². The van der Waals surface area contributed by atoms with Crippen molar-refractivity contribution in [3.05, 3.63) is 29.9 Å². The van der Waals surface area contributed by atoms with Gasteiger partial charge in [0.2, 0.25) is 5.89 Å². The van der Waals surface area contributed by atoms with Gasteiger partial charge in [-0.3, -0.25) is 4.90 Å². The molecule has 0 saturated carbocycles. The Balaban J connectivity index is 1.68. The first kappa shape index (κ1) is 12.3. The Labute approximate surface area is 112 Å². The molecule has 1 aliphatic heterocycles. The van der Waals surface area contributed by atoms with Crippen molar-refractivity contribution < 1.29 is 4.52 Å². The van der Waals surface area contributed by atoms with Crippen LogP contribution >= 0.6 is 0 Å². The maximum absolute atomic E-state index is 5.32. The van der Waals surface area contributed by atoms with Crippen molar-refractivity contribution in [3.63, 3.8) is 0 Å². The summed E-state index contributed by atoms with van der Waals surface area (Å²) in [6.45, 7) is 9.73. The topological polar surface area (TPSA) is 60.0 Å². The van der Waals surface area contributed by atoms with Crippen LogP contribution in [0.4, 0.5) is 0 Å². The van der Waals surface area contributed by atoms with Gasteiger partial charge in [0.05, 0.1) is 13.1 Å². The second-order valence-corrected chi connectivity index (χ2v) is 6.01. The zero-order valence-electron chi connectivity index (χ0n) is 11.6. The predicted octanol–water partition coefficient (Wildman–Crippen LogP) is 1.58. The highest BCUT2D eigenvalue weighted by molar-refractivity contribution is 5.00. The molecule has 0 atom stereocenters. The molecule has 0 radical (unpaired) electrons. The zero-order valence-corrected chi connectivity index (χ0v) is 11.6. The molecule has 3 heterocycles. The SMILES string of the molecule is CC(C)(C)c1nc(CN2CCn3ccnc3C2)no1. The molecule has 0 amide bonds. The summed E-state index contributed by atoms with van der Waals surface area (Å²) in [6, 6.07) is 0. The van der Waals surface area contributed by atoms with Crippen molar-refractivity contribution in [1.29, 1.82) is 0 Å². The van der Waals surface area contributed by atoms with Gasteiger partial charge in [-0.25, -0.2) is 4.98 Å². The monoisotopic (exact) mass is 261 g/mol. The van der Waals surface area contributed by atoms with E-state index in [9.17, 15) is 0 Å². The van der Waals surface area contributed by atoms with Crippen molar-refractivity contribution in [2.45, 2.75) is 45.8 Å². The molecule has 6 heteroatoms. The molecular formula is C13H19N5O. The maximum Gasteiger partial charge on any atom is 0.232 e. The van der Waals surface area contributed by atoms with Crippen molar-refractivity contribution >= 4 is 0 Å². The lowest BCUT2D eigenvalue weighted by atomic mass is 9.97. The minimum absolute atomic E-state index is 0.0938. The third kappa shape index (κ3) is 2.53. The first-order chi connectivity index (χ1) is 9.02. The van der Waals surface area contributed by atoms with E-state index in [-0.39, 0.29) is 5.41 Å². The molecule has 0 spiro atoms. The molecule has 102 valence electrons. The number of imidazole rings is 1. The Morgan fingerprint density at radius 3 is 2.89 bits per heavy atom. The van der Waals surface area contributed by atoms with Gasteiger partial charge in [-0.05, 0) is 0 Å². The summed E-state index contributed by atoms with van der Waals surface area (Å²) in [5, 5.41) is 4.07. The fourth-order valence-corrected chi connectivity index (χ4v) is 2.18. The molecule has 0 N–H and O–H groups in total. The van der Waals surface area contributed by atoms with Crippen LogP contribution in [0.15, 0.2) is 16.9 Å². The Morgan fingerprint density at radius 1 is 1.32 bits per heavy atom. The first-order valence-electron chi connectivity index (χ1n) is 6.58. The summed E-state index contributed by atoms with van der Waals surface area (Å²) in [4.78, 5) is 11.1. The summed E-state index contributed by atoms with van der Waals surface area (Å²) in [5.74, 6) is 2.55. The second kappa shape index (κ2) is 4.45. The van der Waals surface area contributed by atoms with E-state index in [1.807, 2.05) is 12.4 Å². The maximum atomic E-state index is 5.32. The number of aromatic nitrogens is 4. The quantitative estimate of drug-likeness (QED) is 0.821. The Morgan fingerprint density at radius 2 is 2.16 bits per heavy atom. The van der Waals surface area contributed by atoms with Gasteiger partial charge >= 0.3 is 0 Å². The summed E-state index contributed by atoms with van der Waals surface area (Å²) < 4.78 is 7.50. The van der Waals surface area contributed by atoms with Gasteiger partial charge in [0, 0.05) is 30.9 Å². The van der Waals surface area contributed by atoms with E-state index >= 15 is 0 Å². The minimum Gasteiger partial charge on any atom is -0.339 e. The number of nitrogens with zero attached hydrogens (tertiary/aromatic N) is 5. The van der Waals surface area contributed by atoms with Crippen molar-refractivity contribution in [2.24, 2.45) is 0 Å². The molecule has 0 aliphatic carbocycles. The van der Waals surface area contributed by atoms with Crippen LogP contribution < -0.4 is 0 Å². The summed E-state index contributed by atoms with van der Waals surface area (Å²) >= 11 is 0. The van der Waals surface area contributed by atoms with Gasteiger partial charge in [-0.2, -0.15) is 4.98 Å². The Hall–Kier alpha value is -1.69. The van der Waals surface area contributed by atoms with E-state index in [1.165, 1.54) is 0 Å². The molecule has 6 nitrogen and oxygen atoms in total. The van der Waals surface area contributed by atoms with Crippen LogP contribution in [0.1, 0.15) is 38.3 Å². The lowest BCUT2D eigenvalue weighted by Crippen LogP contribution is -2.33. The standard InChI is InChI=1S/C13H19N5O/c1-13(2,3)12-15-10(16-19-12)8-17-6-7-18-5-4-14-11(18)9-17/h4-5H,6-9H2,1-3H3. The largest absolute Gasteiger partial charge is 0.339 e. The van der Waals surface area contributed by atoms with Crippen LogP contribution in [0.5, 0.6) is 0 Å². The van der Waals surface area contributed by atoms with Gasteiger partial charge in [0.1, 0.15) is 5.82 Å². The third-order valence-electron chi connectivity index (χ3n) is 3.30. The van der Waals surface area contributed by atoms with Crippen molar-refractivity contribution in [3.8, 4) is 0 Å². The molecular weight excluding hydrogens is 242 g/mol. The highest BCUT2D eigenvalue weighted by atomic mass is 16.5. The zero-order chi connectivity index (χ0) is 13.5. The van der Waals surface area contributed by atoms with Gasteiger partial charge in [-0.15, -0.1) is 0 Å². The highest BCUT2D eigenvalue weighted by Crippen LogP contribution is 2.20. The summed E-state index contributed by atoms with van der Waals surface area (Å²) in [7, 11) is 0. The lowest BCUT2D eigenvalue weighted by molar-refractivity contribution is 0.201. The van der Waals surface area contributed by atoms with Crippen LogP contribution in [0.25, 0.3) is 0 Å². The second-order valence-electron chi connectivity index (χ2n) is 6.01. The smallest absolute Gasteiger partial charge is 0.232 e. The van der Waals surface area contributed by atoms with Crippen LogP contribution in [0.3, 0.4) is 0 Å². The Bertz CT molecular complexity index is 566. The molecule has 0 aromatic carbocycles. The highest BCUT2D eigenvalue weighted by Gasteiger charge is 2.23. The number of hydrogen-bond donors (Lipinski definition) is 0. The number of fused-ring (bicyclic) bond motifs is 1. The van der Waals surface area contributed by atoms with Crippen molar-refractivity contribution in [1.82, 2.24) is 24.6 Å². The minimum atomic E-state index is -0.0938. The van der Waals surface area contributed by atoms with Crippen LogP contribution in [0.2, 0.25) is 0 Å². The molecule has 2 aromatic rings. The van der Waals surface area contributed by atoms with Gasteiger partial charge < -0.3 is 9.09 Å². The van der Waals surface area contributed by atoms with E-state index in [2.05, 4.69) is 45.4 Å². The van der Waals surface area contributed by atoms with Crippen LogP contribution in [-0.4, -0.2) is 31.1 Å². The average molecular weight is 261 g/mol. The van der Waals surface area contributed by atoms with Gasteiger partial charge in [-0.1, -0.05) is 25.9 Å². The van der Waals surface area contributed by atoms with E-state index in [4.69, 9.17) is 4.52 Å². The third-order valence-corrected chi connectivity index (χ3v) is 3.30. The van der Waals surface area contributed by atoms with E-state index in [0.29, 0.717) is 12.4 Å². The summed E-state index contributed by atoms with van der Waals surface area (Å²) in [6.07, 6.45) is 3.88. The Kier molecular flexibility index (Phi) is 2.89. The molecule has 0 saturated heterocycles. The molecule has 0 unspecified atom stereocenters. The fourth-order valence-electron chi connectivity index (χ4n) is 2.18. The van der Waals surface area contributed by atoms with Crippen molar-refractivity contribution in [2.75, 3.05) is 6.54 Å². The molecule has 0 bridgehead atoms. The van der Waals surface area contributed by atoms with Crippen LogP contribution in [-0.2, 0) is 25.0 Å². The molecule has 2 aromatic heterocycles. The molecule has 1 aliphatic rings. The normalized spacial score (nSPS) is 16.6. The van der Waals surface area contributed by atoms with E-state index < -0.39 is 0 Å². The molecule has 19 heavy (non-hydrogen) atoms. The van der Waals surface area contributed by atoms with E-state index in [0.717, 1.165) is 31.3 Å². The lowest BCUT2D eigenvalue weighted by Gasteiger charge is -2.26. The molecule has 0 fully saturated rings. The van der Waals surface area contributed by atoms with Gasteiger partial charge in [0.15, 0.2) is 5.82 Å². The number of rotatable bonds is 2.